The van der Waals surface area contributed by atoms with E-state index >= 15 is 0 Å². The molecule has 0 amide bonds. The molecule has 8 nitrogen and oxygen atoms in total. The van der Waals surface area contributed by atoms with E-state index in [9.17, 15) is 10.1 Å². The van der Waals surface area contributed by atoms with Crippen molar-refractivity contribution in [1.82, 2.24) is 9.97 Å². The summed E-state index contributed by atoms with van der Waals surface area (Å²) in [5, 5.41) is 10.9. The minimum atomic E-state index is -0.456. The van der Waals surface area contributed by atoms with Crippen LogP contribution in [0.4, 0.5) is 11.5 Å². The number of nitrogen functional groups attached to an aromatic ring is 1. The first kappa shape index (κ1) is 13.7. The number of nitrogens with two attached hydrogens (primary N) is 1. The van der Waals surface area contributed by atoms with Crippen molar-refractivity contribution in [2.75, 3.05) is 5.43 Å². The first-order valence-corrected chi connectivity index (χ1v) is 5.74. The van der Waals surface area contributed by atoms with E-state index in [1.54, 1.807) is 26.0 Å². The minimum absolute atomic E-state index is 0.00798. The van der Waals surface area contributed by atoms with Crippen molar-refractivity contribution in [3.8, 4) is 11.6 Å². The van der Waals surface area contributed by atoms with Gasteiger partial charge in [-0.3, -0.25) is 10.1 Å². The molecule has 0 saturated carbocycles. The summed E-state index contributed by atoms with van der Waals surface area (Å²) in [4.78, 5) is 18.4. The standard InChI is InChI=1S/C12H13N5O3/c1-7-9(17(18)19)4-3-5-10(7)20-12-8(2)11(16-13)14-6-15-12/h3-6H,13H2,1-2H3,(H,14,15,16). The van der Waals surface area contributed by atoms with E-state index < -0.39 is 4.92 Å². The van der Waals surface area contributed by atoms with E-state index in [4.69, 9.17) is 10.6 Å². The second-order valence-electron chi connectivity index (χ2n) is 4.06. The number of benzene rings is 1. The minimum Gasteiger partial charge on any atom is -0.438 e. The van der Waals surface area contributed by atoms with Crippen molar-refractivity contribution in [1.29, 1.82) is 0 Å². The monoisotopic (exact) mass is 275 g/mol. The molecule has 1 heterocycles. The van der Waals surface area contributed by atoms with E-state index in [1.165, 1.54) is 12.4 Å². The molecule has 2 aromatic rings. The lowest BCUT2D eigenvalue weighted by Crippen LogP contribution is -2.11. The molecule has 0 radical (unpaired) electrons. The Morgan fingerprint density at radius 3 is 2.70 bits per heavy atom. The van der Waals surface area contributed by atoms with Crippen molar-refractivity contribution in [2.24, 2.45) is 5.84 Å². The number of aromatic nitrogens is 2. The highest BCUT2D eigenvalue weighted by molar-refractivity contribution is 5.52. The third-order valence-corrected chi connectivity index (χ3v) is 2.83. The Hall–Kier alpha value is -2.74. The number of nitro groups is 1. The maximum Gasteiger partial charge on any atom is 0.276 e. The van der Waals surface area contributed by atoms with Gasteiger partial charge in [-0.25, -0.2) is 15.8 Å². The molecule has 0 atom stereocenters. The van der Waals surface area contributed by atoms with Gasteiger partial charge in [0, 0.05) is 6.07 Å². The van der Waals surface area contributed by atoms with Gasteiger partial charge in [0.1, 0.15) is 17.9 Å². The van der Waals surface area contributed by atoms with Crippen molar-refractivity contribution in [2.45, 2.75) is 13.8 Å². The Labute approximate surface area is 114 Å². The molecule has 2 rings (SSSR count). The number of hydrogen-bond acceptors (Lipinski definition) is 7. The smallest absolute Gasteiger partial charge is 0.276 e. The summed E-state index contributed by atoms with van der Waals surface area (Å²) in [6, 6.07) is 4.61. The molecule has 0 aliphatic carbocycles. The van der Waals surface area contributed by atoms with Crippen molar-refractivity contribution >= 4 is 11.5 Å². The van der Waals surface area contributed by atoms with Crippen LogP contribution in [0.3, 0.4) is 0 Å². The third-order valence-electron chi connectivity index (χ3n) is 2.83. The SMILES string of the molecule is Cc1c(Oc2ncnc(NN)c2C)cccc1[N+](=O)[O-]. The van der Waals surface area contributed by atoms with Gasteiger partial charge in [0.25, 0.3) is 5.69 Å². The largest absolute Gasteiger partial charge is 0.438 e. The Kier molecular flexibility index (Phi) is 3.76. The van der Waals surface area contributed by atoms with E-state index in [1.807, 2.05) is 0 Å². The Morgan fingerprint density at radius 1 is 1.30 bits per heavy atom. The average molecular weight is 275 g/mol. The third kappa shape index (κ3) is 2.50. The maximum absolute atomic E-state index is 10.9. The lowest BCUT2D eigenvalue weighted by molar-refractivity contribution is -0.385. The fourth-order valence-corrected chi connectivity index (χ4v) is 1.70. The highest BCUT2D eigenvalue weighted by atomic mass is 16.6. The number of nitrogens with zero attached hydrogens (tertiary/aromatic N) is 3. The van der Waals surface area contributed by atoms with Crippen molar-refractivity contribution in [3.63, 3.8) is 0 Å². The van der Waals surface area contributed by atoms with E-state index in [0.717, 1.165) is 0 Å². The molecule has 0 fully saturated rings. The predicted octanol–water partition coefficient (Wildman–Crippen LogP) is 2.08. The summed E-state index contributed by atoms with van der Waals surface area (Å²) in [5.41, 5.74) is 3.46. The number of ether oxygens (including phenoxy) is 1. The van der Waals surface area contributed by atoms with Crippen LogP contribution in [0, 0.1) is 24.0 Å². The summed E-state index contributed by atoms with van der Waals surface area (Å²) in [5.74, 6) is 6.40. The van der Waals surface area contributed by atoms with Crippen LogP contribution in [0.2, 0.25) is 0 Å². The first-order valence-electron chi connectivity index (χ1n) is 5.74. The Morgan fingerprint density at radius 2 is 2.05 bits per heavy atom. The average Bonchev–Trinajstić information content (AvgIpc) is 2.43. The van der Waals surface area contributed by atoms with Gasteiger partial charge in [-0.15, -0.1) is 0 Å². The van der Waals surface area contributed by atoms with E-state index in [2.05, 4.69) is 15.4 Å². The fourth-order valence-electron chi connectivity index (χ4n) is 1.70. The molecule has 104 valence electrons. The number of anilines is 1. The molecular weight excluding hydrogens is 262 g/mol. The number of nitro benzene ring substituents is 1. The van der Waals surface area contributed by atoms with Gasteiger partial charge >= 0.3 is 0 Å². The Balaban J connectivity index is 2.41. The summed E-state index contributed by atoms with van der Waals surface area (Å²) < 4.78 is 5.62. The second kappa shape index (κ2) is 5.49. The molecule has 3 N–H and O–H groups in total. The molecule has 0 aliphatic heterocycles. The van der Waals surface area contributed by atoms with Gasteiger partial charge in [0.2, 0.25) is 5.88 Å². The van der Waals surface area contributed by atoms with Crippen LogP contribution in [-0.2, 0) is 0 Å². The van der Waals surface area contributed by atoms with Crippen LogP contribution in [0.5, 0.6) is 11.6 Å². The molecule has 0 unspecified atom stereocenters. The molecule has 0 spiro atoms. The molecule has 20 heavy (non-hydrogen) atoms. The first-order chi connectivity index (χ1) is 9.54. The molecule has 1 aromatic heterocycles. The topological polar surface area (TPSA) is 116 Å². The maximum atomic E-state index is 10.9. The Bertz CT molecular complexity index is 660. The number of hydrazine groups is 1. The van der Waals surface area contributed by atoms with Gasteiger partial charge in [0.15, 0.2) is 0 Å². The van der Waals surface area contributed by atoms with E-state index in [0.29, 0.717) is 22.7 Å². The van der Waals surface area contributed by atoms with Crippen LogP contribution in [0.25, 0.3) is 0 Å². The second-order valence-corrected chi connectivity index (χ2v) is 4.06. The van der Waals surface area contributed by atoms with Crippen LogP contribution in [0.15, 0.2) is 24.5 Å². The zero-order valence-electron chi connectivity index (χ0n) is 11.0. The summed E-state index contributed by atoms with van der Waals surface area (Å²) in [6.45, 7) is 3.35. The van der Waals surface area contributed by atoms with Crippen LogP contribution >= 0.6 is 0 Å². The van der Waals surface area contributed by atoms with Gasteiger partial charge < -0.3 is 10.2 Å². The molecule has 1 aromatic carbocycles. The quantitative estimate of drug-likeness (QED) is 0.498. The summed E-state index contributed by atoms with van der Waals surface area (Å²) >= 11 is 0. The van der Waals surface area contributed by atoms with Crippen molar-refractivity contribution in [3.05, 3.63) is 45.8 Å². The molecule has 8 heteroatoms. The predicted molar refractivity (Wildman–Crippen MR) is 72.5 cm³/mol. The van der Waals surface area contributed by atoms with Crippen LogP contribution < -0.4 is 16.0 Å². The van der Waals surface area contributed by atoms with E-state index in [-0.39, 0.29) is 11.6 Å². The summed E-state index contributed by atoms with van der Waals surface area (Å²) in [6.07, 6.45) is 1.30. The molecule has 0 aliphatic rings. The number of hydrogen-bond donors (Lipinski definition) is 2. The summed E-state index contributed by atoms with van der Waals surface area (Å²) in [7, 11) is 0. The zero-order valence-corrected chi connectivity index (χ0v) is 11.0. The van der Waals surface area contributed by atoms with Crippen molar-refractivity contribution < 1.29 is 9.66 Å². The molecule has 0 saturated heterocycles. The van der Waals surface area contributed by atoms with Gasteiger partial charge in [-0.05, 0) is 19.9 Å². The van der Waals surface area contributed by atoms with Crippen LogP contribution in [-0.4, -0.2) is 14.9 Å². The lowest BCUT2D eigenvalue weighted by atomic mass is 10.2. The highest BCUT2D eigenvalue weighted by Crippen LogP contribution is 2.32. The molecule has 0 bridgehead atoms. The lowest BCUT2D eigenvalue weighted by Gasteiger charge is -2.11. The van der Waals surface area contributed by atoms with Gasteiger partial charge in [0.05, 0.1) is 16.1 Å². The van der Waals surface area contributed by atoms with Gasteiger partial charge in [-0.1, -0.05) is 6.07 Å². The van der Waals surface area contributed by atoms with Crippen LogP contribution in [0.1, 0.15) is 11.1 Å². The fraction of sp³-hybridized carbons (Fsp3) is 0.167. The molecular formula is C12H13N5O3. The highest BCUT2D eigenvalue weighted by Gasteiger charge is 2.16. The normalized spacial score (nSPS) is 10.2. The zero-order chi connectivity index (χ0) is 14.7. The van der Waals surface area contributed by atoms with Gasteiger partial charge in [-0.2, -0.15) is 0 Å². The number of nitrogens with one attached hydrogen (secondary N) is 1. The number of rotatable bonds is 4.